The van der Waals surface area contributed by atoms with Crippen LogP contribution in [0.3, 0.4) is 0 Å². The molecule has 0 radical (unpaired) electrons. The molecule has 4 heteroatoms. The quantitative estimate of drug-likeness (QED) is 0.776. The van der Waals surface area contributed by atoms with Gasteiger partial charge in [-0.3, -0.25) is 4.79 Å². The zero-order valence-corrected chi connectivity index (χ0v) is 13.5. The summed E-state index contributed by atoms with van der Waals surface area (Å²) in [6, 6.07) is 16.2. The Morgan fingerprint density at radius 2 is 1.82 bits per heavy atom. The molecule has 3 N–H and O–H groups in total. The minimum absolute atomic E-state index is 0. The molecule has 2 rings (SSSR count). The molecule has 0 spiro atoms. The smallest absolute Gasteiger partial charge is 0.306 e. The van der Waals surface area contributed by atoms with Crippen molar-refractivity contribution in [1.29, 1.82) is 0 Å². The first kappa shape index (κ1) is 18.1. The van der Waals surface area contributed by atoms with Crippen LogP contribution >= 0.6 is 12.4 Å². The standard InChI is InChI=1S/C18H21NO2.ClH/c1-13(18(20)21)6-5-9-16-12-15(10-11-17(16)19)14-7-3-2-4-8-14;/h2-4,7-8,10-13H,5-6,9,19H2,1H3,(H,20,21);1H. The number of nitrogens with two attached hydrogens (primary N) is 1. The van der Waals surface area contributed by atoms with Gasteiger partial charge >= 0.3 is 5.97 Å². The van der Waals surface area contributed by atoms with E-state index < -0.39 is 5.97 Å². The van der Waals surface area contributed by atoms with Crippen molar-refractivity contribution < 1.29 is 9.90 Å². The van der Waals surface area contributed by atoms with E-state index in [1.807, 2.05) is 30.3 Å². The lowest BCUT2D eigenvalue weighted by molar-refractivity contribution is -0.141. The van der Waals surface area contributed by atoms with Gasteiger partial charge in [0.25, 0.3) is 0 Å². The number of aryl methyl sites for hydroxylation is 1. The highest BCUT2D eigenvalue weighted by Crippen LogP contribution is 2.25. The van der Waals surface area contributed by atoms with Gasteiger partial charge in [0.2, 0.25) is 0 Å². The van der Waals surface area contributed by atoms with E-state index in [-0.39, 0.29) is 18.3 Å². The SMILES string of the molecule is CC(CCCc1cc(-c2ccccc2)ccc1N)C(=O)O.Cl. The van der Waals surface area contributed by atoms with Gasteiger partial charge in [0.15, 0.2) is 0 Å². The van der Waals surface area contributed by atoms with Crippen LogP contribution in [0.5, 0.6) is 0 Å². The molecule has 3 nitrogen and oxygen atoms in total. The number of rotatable bonds is 6. The van der Waals surface area contributed by atoms with E-state index in [2.05, 4.69) is 18.2 Å². The van der Waals surface area contributed by atoms with Gasteiger partial charge in [-0.1, -0.05) is 43.3 Å². The Balaban J connectivity index is 0.00000242. The topological polar surface area (TPSA) is 63.3 Å². The van der Waals surface area contributed by atoms with Crippen molar-refractivity contribution in [2.24, 2.45) is 5.92 Å². The average molecular weight is 320 g/mol. The Labute approximate surface area is 137 Å². The molecule has 0 aliphatic rings. The number of benzene rings is 2. The fourth-order valence-corrected chi connectivity index (χ4v) is 2.35. The molecular weight excluding hydrogens is 298 g/mol. The van der Waals surface area contributed by atoms with E-state index >= 15 is 0 Å². The second kappa shape index (κ2) is 8.44. The zero-order chi connectivity index (χ0) is 15.2. The van der Waals surface area contributed by atoms with Gasteiger partial charge in [-0.05, 0) is 48.1 Å². The van der Waals surface area contributed by atoms with Crippen LogP contribution in [0.1, 0.15) is 25.3 Å². The number of aliphatic carboxylic acids is 1. The van der Waals surface area contributed by atoms with Gasteiger partial charge in [0, 0.05) is 5.69 Å². The number of hydrogen-bond donors (Lipinski definition) is 2. The molecule has 1 unspecified atom stereocenters. The summed E-state index contributed by atoms with van der Waals surface area (Å²) in [4.78, 5) is 10.8. The van der Waals surface area contributed by atoms with E-state index in [1.165, 1.54) is 0 Å². The molecule has 118 valence electrons. The van der Waals surface area contributed by atoms with Crippen LogP contribution in [0.15, 0.2) is 48.5 Å². The van der Waals surface area contributed by atoms with Gasteiger partial charge in [-0.2, -0.15) is 0 Å². The van der Waals surface area contributed by atoms with Crippen LogP contribution < -0.4 is 5.73 Å². The summed E-state index contributed by atoms with van der Waals surface area (Å²) in [6.45, 7) is 1.74. The first-order valence-electron chi connectivity index (χ1n) is 7.24. The van der Waals surface area contributed by atoms with Crippen LogP contribution in [0.4, 0.5) is 5.69 Å². The largest absolute Gasteiger partial charge is 0.481 e. The van der Waals surface area contributed by atoms with Gasteiger partial charge < -0.3 is 10.8 Å². The predicted octanol–water partition coefficient (Wildman–Crippen LogP) is 4.40. The maximum atomic E-state index is 10.8. The predicted molar refractivity (Wildman–Crippen MR) is 93.3 cm³/mol. The van der Waals surface area contributed by atoms with Crippen molar-refractivity contribution >= 4 is 24.1 Å². The molecule has 0 fully saturated rings. The molecule has 0 aromatic heterocycles. The molecule has 2 aromatic carbocycles. The summed E-state index contributed by atoms with van der Waals surface area (Å²) in [7, 11) is 0. The number of nitrogen functional groups attached to an aromatic ring is 1. The third kappa shape index (κ3) is 4.78. The van der Waals surface area contributed by atoms with Gasteiger partial charge in [-0.15, -0.1) is 12.4 Å². The van der Waals surface area contributed by atoms with Crippen molar-refractivity contribution in [1.82, 2.24) is 0 Å². The highest BCUT2D eigenvalue weighted by atomic mass is 35.5. The minimum Gasteiger partial charge on any atom is -0.481 e. The fraction of sp³-hybridized carbons (Fsp3) is 0.278. The Bertz CT molecular complexity index is 614. The summed E-state index contributed by atoms with van der Waals surface area (Å²) in [5, 5.41) is 8.90. The van der Waals surface area contributed by atoms with E-state index in [1.54, 1.807) is 6.92 Å². The molecule has 0 saturated carbocycles. The Morgan fingerprint density at radius 1 is 1.14 bits per heavy atom. The van der Waals surface area contributed by atoms with Crippen molar-refractivity contribution in [2.75, 3.05) is 5.73 Å². The highest BCUT2D eigenvalue weighted by molar-refractivity contribution is 5.85. The summed E-state index contributed by atoms with van der Waals surface area (Å²) < 4.78 is 0. The lowest BCUT2D eigenvalue weighted by Crippen LogP contribution is -2.09. The van der Waals surface area contributed by atoms with E-state index in [0.29, 0.717) is 6.42 Å². The molecule has 0 saturated heterocycles. The molecule has 2 aromatic rings. The summed E-state index contributed by atoms with van der Waals surface area (Å²) in [5.41, 5.74) is 10.2. The monoisotopic (exact) mass is 319 g/mol. The maximum Gasteiger partial charge on any atom is 0.306 e. The van der Waals surface area contributed by atoms with Crippen molar-refractivity contribution in [3.63, 3.8) is 0 Å². The Morgan fingerprint density at radius 3 is 2.45 bits per heavy atom. The van der Waals surface area contributed by atoms with Crippen LogP contribution in [0, 0.1) is 5.92 Å². The van der Waals surface area contributed by atoms with E-state index in [0.717, 1.165) is 35.2 Å². The van der Waals surface area contributed by atoms with E-state index in [9.17, 15) is 4.79 Å². The van der Waals surface area contributed by atoms with Gasteiger partial charge in [0.05, 0.1) is 5.92 Å². The van der Waals surface area contributed by atoms with Gasteiger partial charge in [-0.25, -0.2) is 0 Å². The number of anilines is 1. The second-order valence-electron chi connectivity index (χ2n) is 5.41. The molecule has 22 heavy (non-hydrogen) atoms. The number of carbonyl (C=O) groups is 1. The fourth-order valence-electron chi connectivity index (χ4n) is 2.35. The van der Waals surface area contributed by atoms with E-state index in [4.69, 9.17) is 10.8 Å². The van der Waals surface area contributed by atoms with Crippen molar-refractivity contribution in [2.45, 2.75) is 26.2 Å². The number of halogens is 1. The summed E-state index contributed by atoms with van der Waals surface area (Å²) >= 11 is 0. The molecule has 0 aliphatic heterocycles. The lowest BCUT2D eigenvalue weighted by Gasteiger charge is -2.10. The molecule has 0 amide bonds. The number of hydrogen-bond acceptors (Lipinski definition) is 2. The first-order chi connectivity index (χ1) is 10.1. The first-order valence-corrected chi connectivity index (χ1v) is 7.24. The molecule has 1 atom stereocenters. The van der Waals surface area contributed by atoms with Crippen molar-refractivity contribution in [3.8, 4) is 11.1 Å². The number of carboxylic acid groups (broad SMARTS) is 1. The Hall–Kier alpha value is -2.00. The summed E-state index contributed by atoms with van der Waals surface area (Å²) in [6.07, 6.45) is 2.31. The molecule has 0 bridgehead atoms. The second-order valence-corrected chi connectivity index (χ2v) is 5.41. The van der Waals surface area contributed by atoms with Crippen LogP contribution in [-0.2, 0) is 11.2 Å². The molecular formula is C18H22ClNO2. The summed E-state index contributed by atoms with van der Waals surface area (Å²) in [5.74, 6) is -1.04. The number of carboxylic acids is 1. The molecule has 0 heterocycles. The van der Waals surface area contributed by atoms with Crippen LogP contribution in [0.2, 0.25) is 0 Å². The molecule has 0 aliphatic carbocycles. The maximum absolute atomic E-state index is 10.8. The highest BCUT2D eigenvalue weighted by Gasteiger charge is 2.11. The third-order valence-electron chi connectivity index (χ3n) is 3.75. The Kier molecular flexibility index (Phi) is 6.93. The minimum atomic E-state index is -0.735. The average Bonchev–Trinajstić information content (AvgIpc) is 2.49. The van der Waals surface area contributed by atoms with Crippen LogP contribution in [-0.4, -0.2) is 11.1 Å². The third-order valence-corrected chi connectivity index (χ3v) is 3.75. The normalized spacial score (nSPS) is 11.5. The van der Waals surface area contributed by atoms with Crippen molar-refractivity contribution in [3.05, 3.63) is 54.1 Å². The van der Waals surface area contributed by atoms with Gasteiger partial charge in [0.1, 0.15) is 0 Å². The zero-order valence-electron chi connectivity index (χ0n) is 12.7. The van der Waals surface area contributed by atoms with Crippen LogP contribution in [0.25, 0.3) is 11.1 Å². The lowest BCUT2D eigenvalue weighted by atomic mass is 9.97.